The van der Waals surface area contributed by atoms with Gasteiger partial charge in [0.05, 0.1) is 17.6 Å². The molecular formula is C12H17N5O2. The maximum Gasteiger partial charge on any atom is 0.319 e. The van der Waals surface area contributed by atoms with E-state index in [0.717, 1.165) is 16.7 Å². The Bertz CT molecular complexity index is 593. The molecule has 0 aliphatic carbocycles. The molecule has 2 aromatic heterocycles. The van der Waals surface area contributed by atoms with Gasteiger partial charge < -0.3 is 15.7 Å². The summed E-state index contributed by atoms with van der Waals surface area (Å²) in [7, 11) is 1.83. The minimum absolute atomic E-state index is 0.0582. The molecule has 7 nitrogen and oxygen atoms in total. The third-order valence-electron chi connectivity index (χ3n) is 2.74. The molecule has 2 aromatic rings. The number of pyridine rings is 1. The molecular weight excluding hydrogens is 246 g/mol. The molecule has 3 N–H and O–H groups in total. The summed E-state index contributed by atoms with van der Waals surface area (Å²) in [6.07, 6.45) is 2.13. The highest BCUT2D eigenvalue weighted by atomic mass is 16.3. The van der Waals surface area contributed by atoms with Crippen molar-refractivity contribution in [1.29, 1.82) is 0 Å². The number of nitrogens with one attached hydrogen (secondary N) is 2. The zero-order valence-electron chi connectivity index (χ0n) is 11.0. The van der Waals surface area contributed by atoms with Gasteiger partial charge in [0, 0.05) is 25.6 Å². The number of hydrogen-bond acceptors (Lipinski definition) is 4. The smallest absolute Gasteiger partial charge is 0.319 e. The van der Waals surface area contributed by atoms with E-state index in [1.165, 1.54) is 0 Å². The van der Waals surface area contributed by atoms with Gasteiger partial charge in [0.15, 0.2) is 5.65 Å². The standard InChI is InChI=1S/C12H17N5O2/c1-8-10-6-9(7-14-11(10)17(2)16-8)15-12(19)13-4-3-5-18/h6-7,18H,3-5H2,1-2H3,(H2,13,15,19). The van der Waals surface area contributed by atoms with Crippen LogP contribution < -0.4 is 10.6 Å². The first kappa shape index (κ1) is 13.3. The van der Waals surface area contributed by atoms with Gasteiger partial charge in [-0.05, 0) is 19.4 Å². The number of anilines is 1. The van der Waals surface area contributed by atoms with E-state index in [9.17, 15) is 4.79 Å². The molecule has 0 fully saturated rings. The van der Waals surface area contributed by atoms with Crippen molar-refractivity contribution in [3.8, 4) is 0 Å². The number of carbonyl (C=O) groups is 1. The number of aliphatic hydroxyl groups is 1. The number of aromatic nitrogens is 3. The van der Waals surface area contributed by atoms with Crippen LogP contribution in [0.2, 0.25) is 0 Å². The lowest BCUT2D eigenvalue weighted by Crippen LogP contribution is -2.29. The molecule has 0 saturated heterocycles. The molecule has 2 amide bonds. The van der Waals surface area contributed by atoms with E-state index in [1.807, 2.05) is 20.0 Å². The lowest BCUT2D eigenvalue weighted by atomic mass is 10.2. The largest absolute Gasteiger partial charge is 0.396 e. The van der Waals surface area contributed by atoms with Crippen molar-refractivity contribution in [3.63, 3.8) is 0 Å². The van der Waals surface area contributed by atoms with Crippen molar-refractivity contribution in [3.05, 3.63) is 18.0 Å². The summed E-state index contributed by atoms with van der Waals surface area (Å²) in [4.78, 5) is 15.8. The van der Waals surface area contributed by atoms with Gasteiger partial charge in [-0.3, -0.25) is 4.68 Å². The molecule has 102 valence electrons. The van der Waals surface area contributed by atoms with Crippen LogP contribution in [0.15, 0.2) is 12.3 Å². The average Bonchev–Trinajstić information content (AvgIpc) is 2.65. The lowest BCUT2D eigenvalue weighted by Gasteiger charge is -2.06. The van der Waals surface area contributed by atoms with Gasteiger partial charge >= 0.3 is 6.03 Å². The zero-order valence-corrected chi connectivity index (χ0v) is 11.0. The molecule has 0 bridgehead atoms. The van der Waals surface area contributed by atoms with Crippen molar-refractivity contribution in [2.75, 3.05) is 18.5 Å². The highest BCUT2D eigenvalue weighted by molar-refractivity contribution is 5.91. The summed E-state index contributed by atoms with van der Waals surface area (Å²) in [6.45, 7) is 2.39. The van der Waals surface area contributed by atoms with Crippen molar-refractivity contribution in [2.45, 2.75) is 13.3 Å². The van der Waals surface area contributed by atoms with Crippen LogP contribution in [0.4, 0.5) is 10.5 Å². The van der Waals surface area contributed by atoms with Gasteiger partial charge in [0.2, 0.25) is 0 Å². The van der Waals surface area contributed by atoms with Crippen LogP contribution in [-0.2, 0) is 7.05 Å². The van der Waals surface area contributed by atoms with E-state index in [-0.39, 0.29) is 12.6 Å². The van der Waals surface area contributed by atoms with Crippen LogP contribution in [0.5, 0.6) is 0 Å². The number of hydrogen-bond donors (Lipinski definition) is 3. The summed E-state index contributed by atoms with van der Waals surface area (Å²) in [5.41, 5.74) is 2.27. The summed E-state index contributed by atoms with van der Waals surface area (Å²) >= 11 is 0. The highest BCUT2D eigenvalue weighted by Gasteiger charge is 2.08. The van der Waals surface area contributed by atoms with Crippen molar-refractivity contribution >= 4 is 22.8 Å². The van der Waals surface area contributed by atoms with Crippen LogP contribution >= 0.6 is 0 Å². The summed E-state index contributed by atoms with van der Waals surface area (Å²) < 4.78 is 1.70. The van der Waals surface area contributed by atoms with E-state index < -0.39 is 0 Å². The van der Waals surface area contributed by atoms with Crippen molar-refractivity contribution < 1.29 is 9.90 Å². The molecule has 0 radical (unpaired) electrons. The maximum absolute atomic E-state index is 11.6. The van der Waals surface area contributed by atoms with Crippen LogP contribution in [0.3, 0.4) is 0 Å². The first-order valence-electron chi connectivity index (χ1n) is 6.07. The molecule has 0 aromatic carbocycles. The fourth-order valence-electron chi connectivity index (χ4n) is 1.83. The zero-order chi connectivity index (χ0) is 13.8. The Hall–Kier alpha value is -2.15. The van der Waals surface area contributed by atoms with Gasteiger partial charge in [0.1, 0.15) is 0 Å². The van der Waals surface area contributed by atoms with Gasteiger partial charge in [-0.15, -0.1) is 0 Å². The molecule has 2 rings (SSSR count). The minimum Gasteiger partial charge on any atom is -0.396 e. The Morgan fingerprint density at radius 2 is 2.32 bits per heavy atom. The highest BCUT2D eigenvalue weighted by Crippen LogP contribution is 2.18. The fraction of sp³-hybridized carbons (Fsp3) is 0.417. The maximum atomic E-state index is 11.6. The topological polar surface area (TPSA) is 92.1 Å². The summed E-state index contributed by atoms with van der Waals surface area (Å²) in [5.74, 6) is 0. The minimum atomic E-state index is -0.309. The third kappa shape index (κ3) is 3.00. The first-order valence-corrected chi connectivity index (χ1v) is 6.07. The molecule has 0 unspecified atom stereocenters. The van der Waals surface area contributed by atoms with Gasteiger partial charge in [-0.2, -0.15) is 5.10 Å². The van der Waals surface area contributed by atoms with Crippen molar-refractivity contribution in [2.24, 2.45) is 7.05 Å². The Balaban J connectivity index is 2.09. The molecule has 0 atom stereocenters. The summed E-state index contributed by atoms with van der Waals surface area (Å²) in [5, 5.41) is 19.2. The molecule has 0 aliphatic rings. The number of aliphatic hydroxyl groups excluding tert-OH is 1. The van der Waals surface area contributed by atoms with E-state index >= 15 is 0 Å². The molecule has 2 heterocycles. The monoisotopic (exact) mass is 263 g/mol. The van der Waals surface area contributed by atoms with Crippen LogP contribution in [0, 0.1) is 6.92 Å². The third-order valence-corrected chi connectivity index (χ3v) is 2.74. The normalized spacial score (nSPS) is 10.7. The number of carbonyl (C=O) groups excluding carboxylic acids is 1. The van der Waals surface area contributed by atoms with Gasteiger partial charge in [0.25, 0.3) is 0 Å². The van der Waals surface area contributed by atoms with Crippen molar-refractivity contribution in [1.82, 2.24) is 20.1 Å². The fourth-order valence-corrected chi connectivity index (χ4v) is 1.83. The predicted molar refractivity (Wildman–Crippen MR) is 72.0 cm³/mol. The second-order valence-electron chi connectivity index (χ2n) is 4.26. The van der Waals surface area contributed by atoms with Gasteiger partial charge in [-0.25, -0.2) is 9.78 Å². The number of amides is 2. The quantitative estimate of drug-likeness (QED) is 0.711. The first-order chi connectivity index (χ1) is 9.11. The van der Waals surface area contributed by atoms with Gasteiger partial charge in [-0.1, -0.05) is 0 Å². The Kier molecular flexibility index (Phi) is 3.96. The summed E-state index contributed by atoms with van der Waals surface area (Å²) in [6, 6.07) is 1.53. The van der Waals surface area contributed by atoms with E-state index in [4.69, 9.17) is 5.11 Å². The van der Waals surface area contributed by atoms with E-state index in [1.54, 1.807) is 10.9 Å². The van der Waals surface area contributed by atoms with E-state index in [0.29, 0.717) is 18.7 Å². The number of nitrogens with zero attached hydrogens (tertiary/aromatic N) is 3. The molecule has 7 heteroatoms. The predicted octanol–water partition coefficient (Wildman–Crippen LogP) is 0.781. The Morgan fingerprint density at radius 3 is 3.05 bits per heavy atom. The Labute approximate surface area is 110 Å². The second kappa shape index (κ2) is 5.66. The molecule has 0 spiro atoms. The van der Waals surface area contributed by atoms with Crippen LogP contribution in [0.1, 0.15) is 12.1 Å². The van der Waals surface area contributed by atoms with Crippen LogP contribution in [-0.4, -0.2) is 39.1 Å². The Morgan fingerprint density at radius 1 is 1.53 bits per heavy atom. The number of rotatable bonds is 4. The van der Waals surface area contributed by atoms with Crippen LogP contribution in [0.25, 0.3) is 11.0 Å². The lowest BCUT2D eigenvalue weighted by molar-refractivity contribution is 0.249. The SMILES string of the molecule is Cc1nn(C)c2ncc(NC(=O)NCCCO)cc12. The number of aryl methyl sites for hydroxylation is 2. The number of urea groups is 1. The molecule has 0 aliphatic heterocycles. The molecule has 0 saturated carbocycles. The molecule has 19 heavy (non-hydrogen) atoms. The average molecular weight is 263 g/mol. The second-order valence-corrected chi connectivity index (χ2v) is 4.26. The number of fused-ring (bicyclic) bond motifs is 1. The van der Waals surface area contributed by atoms with E-state index in [2.05, 4.69) is 20.7 Å².